The zero-order valence-corrected chi connectivity index (χ0v) is 16.3. The van der Waals surface area contributed by atoms with E-state index in [4.69, 9.17) is 0 Å². The highest BCUT2D eigenvalue weighted by atomic mass is 32.2. The van der Waals surface area contributed by atoms with Crippen LogP contribution in [-0.4, -0.2) is 27.1 Å². The van der Waals surface area contributed by atoms with Crippen LogP contribution in [0.4, 0.5) is 10.1 Å². The zero-order chi connectivity index (χ0) is 17.5. The summed E-state index contributed by atoms with van der Waals surface area (Å²) in [4.78, 5) is 12.2. The lowest BCUT2D eigenvalue weighted by atomic mass is 10.2. The molecule has 4 nitrogen and oxygen atoms in total. The Morgan fingerprint density at radius 1 is 1.38 bits per heavy atom. The first kappa shape index (κ1) is 19.2. The Morgan fingerprint density at radius 2 is 2.12 bits per heavy atom. The van der Waals surface area contributed by atoms with Crippen LogP contribution in [-0.2, 0) is 4.79 Å². The number of aromatic nitrogens is 2. The number of anilines is 1. The molecule has 0 saturated heterocycles. The van der Waals surface area contributed by atoms with Crippen LogP contribution in [0.1, 0.15) is 32.3 Å². The second-order valence-corrected chi connectivity index (χ2v) is 9.16. The number of carbonyl (C=O) groups excluding carboxylic acids is 1. The molecule has 1 aromatic carbocycles. The Hall–Kier alpha value is -1.12. The quantitative estimate of drug-likeness (QED) is 0.512. The molecule has 0 spiro atoms. The van der Waals surface area contributed by atoms with Crippen molar-refractivity contribution in [2.45, 2.75) is 47.5 Å². The van der Waals surface area contributed by atoms with Crippen LogP contribution in [0.15, 0.2) is 26.9 Å². The summed E-state index contributed by atoms with van der Waals surface area (Å²) in [6.07, 6.45) is 2.31. The third-order valence-corrected chi connectivity index (χ3v) is 6.52. The Labute approximate surface area is 154 Å². The third kappa shape index (κ3) is 5.75. The molecule has 0 aliphatic heterocycles. The molecule has 1 heterocycles. The van der Waals surface area contributed by atoms with Crippen molar-refractivity contribution in [3.8, 4) is 0 Å². The van der Waals surface area contributed by atoms with E-state index in [2.05, 4.69) is 22.4 Å². The topological polar surface area (TPSA) is 54.9 Å². The summed E-state index contributed by atoms with van der Waals surface area (Å²) >= 11 is 4.56. The van der Waals surface area contributed by atoms with Gasteiger partial charge in [0.25, 0.3) is 0 Å². The minimum atomic E-state index is -0.337. The van der Waals surface area contributed by atoms with Gasteiger partial charge in [-0.3, -0.25) is 4.79 Å². The lowest BCUT2D eigenvalue weighted by Gasteiger charge is -2.10. The van der Waals surface area contributed by atoms with Gasteiger partial charge < -0.3 is 5.32 Å². The molecule has 130 valence electrons. The smallest absolute Gasteiger partial charge is 0.237 e. The number of aryl methyl sites for hydroxylation is 1. The fourth-order valence-electron chi connectivity index (χ4n) is 1.73. The van der Waals surface area contributed by atoms with E-state index in [9.17, 15) is 9.18 Å². The van der Waals surface area contributed by atoms with Crippen molar-refractivity contribution in [3.63, 3.8) is 0 Å². The van der Waals surface area contributed by atoms with Crippen molar-refractivity contribution in [3.05, 3.63) is 29.6 Å². The summed E-state index contributed by atoms with van der Waals surface area (Å²) in [5.41, 5.74) is 1.01. The molecule has 1 aromatic heterocycles. The van der Waals surface area contributed by atoms with Crippen LogP contribution in [0.3, 0.4) is 0 Å². The average Bonchev–Trinajstić information content (AvgIpc) is 2.98. The highest BCUT2D eigenvalue weighted by molar-refractivity contribution is 8.03. The SMILES string of the molecule is CCCCSc1nnc(SC(C)C(=O)Nc2ccc(C)c(F)c2)s1. The third-order valence-electron chi connectivity index (χ3n) is 3.20. The molecule has 2 rings (SSSR count). The van der Waals surface area contributed by atoms with Crippen molar-refractivity contribution in [2.75, 3.05) is 11.1 Å². The molecule has 1 atom stereocenters. The van der Waals surface area contributed by atoms with Crippen molar-refractivity contribution in [1.82, 2.24) is 10.2 Å². The molecule has 1 N–H and O–H groups in total. The van der Waals surface area contributed by atoms with Crippen LogP contribution in [0, 0.1) is 12.7 Å². The fraction of sp³-hybridized carbons (Fsp3) is 0.438. The number of carbonyl (C=O) groups is 1. The second-order valence-electron chi connectivity index (χ2n) is 5.25. The minimum Gasteiger partial charge on any atom is -0.325 e. The van der Waals surface area contributed by atoms with E-state index in [-0.39, 0.29) is 17.0 Å². The molecule has 0 fully saturated rings. The van der Waals surface area contributed by atoms with Crippen LogP contribution >= 0.6 is 34.9 Å². The van der Waals surface area contributed by atoms with E-state index in [0.29, 0.717) is 11.3 Å². The minimum absolute atomic E-state index is 0.182. The first-order valence-electron chi connectivity index (χ1n) is 7.69. The highest BCUT2D eigenvalue weighted by Gasteiger charge is 2.17. The van der Waals surface area contributed by atoms with Crippen LogP contribution in [0.5, 0.6) is 0 Å². The van der Waals surface area contributed by atoms with Gasteiger partial charge in [0.15, 0.2) is 8.68 Å². The van der Waals surface area contributed by atoms with Crippen molar-refractivity contribution >= 4 is 46.5 Å². The van der Waals surface area contributed by atoms with Gasteiger partial charge in [0.1, 0.15) is 5.82 Å². The second kappa shape index (κ2) is 9.39. The normalized spacial score (nSPS) is 12.2. The lowest BCUT2D eigenvalue weighted by Crippen LogP contribution is -2.22. The molecule has 8 heteroatoms. The summed E-state index contributed by atoms with van der Waals surface area (Å²) in [5, 5.41) is 10.6. The van der Waals surface area contributed by atoms with Crippen molar-refractivity contribution in [1.29, 1.82) is 0 Å². The van der Waals surface area contributed by atoms with E-state index >= 15 is 0 Å². The van der Waals surface area contributed by atoms with Crippen LogP contribution in [0.2, 0.25) is 0 Å². The number of hydrogen-bond acceptors (Lipinski definition) is 6. The molecular formula is C16H20FN3OS3. The first-order valence-corrected chi connectivity index (χ1v) is 10.4. The maximum Gasteiger partial charge on any atom is 0.237 e. The van der Waals surface area contributed by atoms with Crippen molar-refractivity contribution in [2.24, 2.45) is 0 Å². The van der Waals surface area contributed by atoms with Gasteiger partial charge in [-0.25, -0.2) is 4.39 Å². The molecule has 2 aromatic rings. The molecule has 0 aliphatic carbocycles. The predicted octanol–water partition coefficient (Wildman–Crippen LogP) is 5.00. The van der Waals surface area contributed by atoms with Gasteiger partial charge in [0.2, 0.25) is 5.91 Å². The predicted molar refractivity (Wildman–Crippen MR) is 101 cm³/mol. The number of benzene rings is 1. The molecule has 0 bridgehead atoms. The first-order chi connectivity index (χ1) is 11.5. The summed E-state index contributed by atoms with van der Waals surface area (Å²) in [6.45, 7) is 5.64. The van der Waals surface area contributed by atoms with Gasteiger partial charge in [-0.05, 0) is 38.0 Å². The number of unbranched alkanes of at least 4 members (excludes halogenated alkanes) is 1. The van der Waals surface area contributed by atoms with Crippen LogP contribution < -0.4 is 5.32 Å². The fourth-order valence-corrected chi connectivity index (χ4v) is 5.04. The van der Waals surface area contributed by atoms with Gasteiger partial charge in [0, 0.05) is 11.4 Å². The van der Waals surface area contributed by atoms with E-state index in [1.807, 2.05) is 0 Å². The molecule has 0 radical (unpaired) electrons. The van der Waals surface area contributed by atoms with E-state index in [0.717, 1.165) is 27.3 Å². The number of rotatable bonds is 8. The monoisotopic (exact) mass is 385 g/mol. The Morgan fingerprint density at radius 3 is 2.83 bits per heavy atom. The summed E-state index contributed by atoms with van der Waals surface area (Å²) in [7, 11) is 0. The molecule has 0 saturated carbocycles. The van der Waals surface area contributed by atoms with Crippen molar-refractivity contribution < 1.29 is 9.18 Å². The number of nitrogens with zero attached hydrogens (tertiary/aromatic N) is 2. The van der Waals surface area contributed by atoms with Gasteiger partial charge in [-0.15, -0.1) is 10.2 Å². The van der Waals surface area contributed by atoms with Crippen LogP contribution in [0.25, 0.3) is 0 Å². The molecule has 0 aliphatic rings. The summed E-state index contributed by atoms with van der Waals surface area (Å²) in [5.74, 6) is 0.523. The molecule has 1 unspecified atom stereocenters. The number of halogens is 1. The highest BCUT2D eigenvalue weighted by Crippen LogP contribution is 2.32. The average molecular weight is 386 g/mol. The lowest BCUT2D eigenvalue weighted by molar-refractivity contribution is -0.115. The zero-order valence-electron chi connectivity index (χ0n) is 13.8. The Kier molecular flexibility index (Phi) is 7.51. The van der Waals surface area contributed by atoms with Gasteiger partial charge in [-0.1, -0.05) is 54.3 Å². The number of nitrogens with one attached hydrogen (secondary N) is 1. The standard InChI is InChI=1S/C16H20FN3OS3/c1-4-5-8-22-15-19-20-16(24-15)23-11(3)14(21)18-12-7-6-10(2)13(17)9-12/h6-7,9,11H,4-5,8H2,1-3H3,(H,18,21). The van der Waals surface area contributed by atoms with E-state index in [1.54, 1.807) is 37.7 Å². The summed E-state index contributed by atoms with van der Waals surface area (Å²) in [6, 6.07) is 4.67. The Bertz CT molecular complexity index is 693. The summed E-state index contributed by atoms with van der Waals surface area (Å²) < 4.78 is 15.2. The van der Waals surface area contributed by atoms with Gasteiger partial charge >= 0.3 is 0 Å². The maximum atomic E-state index is 13.5. The van der Waals surface area contributed by atoms with Gasteiger partial charge in [0.05, 0.1) is 5.25 Å². The number of hydrogen-bond donors (Lipinski definition) is 1. The van der Waals surface area contributed by atoms with E-state index in [1.165, 1.54) is 29.2 Å². The Balaban J connectivity index is 1.88. The molecule has 1 amide bonds. The maximum absolute atomic E-state index is 13.5. The molecule has 24 heavy (non-hydrogen) atoms. The molecular weight excluding hydrogens is 365 g/mol. The largest absolute Gasteiger partial charge is 0.325 e. The number of thioether (sulfide) groups is 2. The van der Waals surface area contributed by atoms with Gasteiger partial charge in [-0.2, -0.15) is 0 Å². The van der Waals surface area contributed by atoms with E-state index < -0.39 is 0 Å². The number of amides is 1.